The molecule has 0 N–H and O–H groups in total. The van der Waals surface area contributed by atoms with Crippen LogP contribution >= 0.6 is 0 Å². The standard InChI is InChI=1S/C13H19Si/c1-7(2)12-8(3)10(5)13(14)11(6)9(12)4/h7H,1-6H3. The van der Waals surface area contributed by atoms with Gasteiger partial charge >= 0.3 is 0 Å². The van der Waals surface area contributed by atoms with Crippen molar-refractivity contribution in [2.24, 2.45) is 0 Å². The second-order valence-electron chi connectivity index (χ2n) is 4.44. The molecule has 3 radical (unpaired) electrons. The molecule has 0 saturated carbocycles. The summed E-state index contributed by atoms with van der Waals surface area (Å²) in [5, 5.41) is 1.27. The molecule has 1 heteroatoms. The Morgan fingerprint density at radius 1 is 0.786 bits per heavy atom. The molecule has 0 aliphatic carbocycles. The smallest absolute Gasteiger partial charge is 0.0611 e. The maximum atomic E-state index is 3.72. The molecule has 0 amide bonds. The zero-order valence-electron chi connectivity index (χ0n) is 10.1. The van der Waals surface area contributed by atoms with Gasteiger partial charge in [-0.3, -0.25) is 0 Å². The molecule has 0 saturated heterocycles. The Kier molecular flexibility index (Phi) is 3.20. The van der Waals surface area contributed by atoms with Crippen LogP contribution in [-0.4, -0.2) is 10.2 Å². The summed E-state index contributed by atoms with van der Waals surface area (Å²) in [5.74, 6) is 0.611. The summed E-state index contributed by atoms with van der Waals surface area (Å²) in [6.45, 7) is 13.4. The highest BCUT2D eigenvalue weighted by Crippen LogP contribution is 2.26. The maximum Gasteiger partial charge on any atom is 0.0719 e. The first-order chi connectivity index (χ1) is 6.37. The van der Waals surface area contributed by atoms with E-state index in [-0.39, 0.29) is 0 Å². The first-order valence-electron chi connectivity index (χ1n) is 5.19. The summed E-state index contributed by atoms with van der Waals surface area (Å²) in [6, 6.07) is 0. The summed E-state index contributed by atoms with van der Waals surface area (Å²) in [4.78, 5) is 0. The van der Waals surface area contributed by atoms with Gasteiger partial charge in [-0.1, -0.05) is 19.0 Å². The molecule has 1 aromatic carbocycles. The molecule has 75 valence electrons. The number of hydrogen-bond donors (Lipinski definition) is 0. The lowest BCUT2D eigenvalue weighted by atomic mass is 9.88. The first kappa shape index (κ1) is 11.5. The van der Waals surface area contributed by atoms with Gasteiger partial charge in [-0.15, -0.1) is 0 Å². The number of rotatable bonds is 1. The van der Waals surface area contributed by atoms with Gasteiger partial charge in [0.05, 0.1) is 10.2 Å². The van der Waals surface area contributed by atoms with E-state index in [2.05, 4.69) is 51.8 Å². The fourth-order valence-electron chi connectivity index (χ4n) is 2.21. The molecule has 0 aromatic heterocycles. The van der Waals surface area contributed by atoms with Crippen LogP contribution in [0.25, 0.3) is 0 Å². The minimum Gasteiger partial charge on any atom is -0.0611 e. The number of hydrogen-bond acceptors (Lipinski definition) is 0. The highest BCUT2D eigenvalue weighted by molar-refractivity contribution is 6.34. The molecule has 0 atom stereocenters. The zero-order valence-corrected chi connectivity index (χ0v) is 11.1. The SMILES string of the molecule is Cc1c(C)c(C(C)C)c(C)c(C)c1[Si]. The van der Waals surface area contributed by atoms with Gasteiger partial charge < -0.3 is 0 Å². The highest BCUT2D eigenvalue weighted by atomic mass is 28.1. The maximum absolute atomic E-state index is 3.72. The van der Waals surface area contributed by atoms with E-state index in [4.69, 9.17) is 0 Å². The Bertz CT molecular complexity index is 333. The molecule has 0 aliphatic heterocycles. The molecule has 0 spiro atoms. The zero-order chi connectivity index (χ0) is 11.0. The van der Waals surface area contributed by atoms with E-state index >= 15 is 0 Å². The van der Waals surface area contributed by atoms with Crippen LogP contribution in [0.3, 0.4) is 0 Å². The summed E-state index contributed by atoms with van der Waals surface area (Å²) in [5.41, 5.74) is 7.16. The van der Waals surface area contributed by atoms with Crippen LogP contribution in [0.5, 0.6) is 0 Å². The Morgan fingerprint density at radius 2 is 1.14 bits per heavy atom. The minimum absolute atomic E-state index is 0.611. The van der Waals surface area contributed by atoms with Crippen LogP contribution in [0.4, 0.5) is 0 Å². The van der Waals surface area contributed by atoms with Gasteiger partial charge in [0.1, 0.15) is 0 Å². The quantitative estimate of drug-likeness (QED) is 0.616. The van der Waals surface area contributed by atoms with E-state index in [0.29, 0.717) is 5.92 Å². The van der Waals surface area contributed by atoms with E-state index < -0.39 is 0 Å². The van der Waals surface area contributed by atoms with Crippen molar-refractivity contribution in [3.8, 4) is 0 Å². The molecule has 0 aliphatic rings. The molecule has 0 nitrogen and oxygen atoms in total. The van der Waals surface area contributed by atoms with E-state index in [9.17, 15) is 0 Å². The summed E-state index contributed by atoms with van der Waals surface area (Å²) >= 11 is 0. The average molecular weight is 203 g/mol. The summed E-state index contributed by atoms with van der Waals surface area (Å²) in [6.07, 6.45) is 0. The molecule has 0 unspecified atom stereocenters. The van der Waals surface area contributed by atoms with Gasteiger partial charge in [-0.25, -0.2) is 0 Å². The predicted molar refractivity (Wildman–Crippen MR) is 64.9 cm³/mol. The van der Waals surface area contributed by atoms with Crippen molar-refractivity contribution in [1.29, 1.82) is 0 Å². The fraction of sp³-hybridized carbons (Fsp3) is 0.538. The van der Waals surface area contributed by atoms with Crippen molar-refractivity contribution in [3.63, 3.8) is 0 Å². The van der Waals surface area contributed by atoms with E-state index in [1.807, 2.05) is 0 Å². The second-order valence-corrected chi connectivity index (χ2v) is 4.94. The van der Waals surface area contributed by atoms with Gasteiger partial charge in [0.15, 0.2) is 0 Å². The summed E-state index contributed by atoms with van der Waals surface area (Å²) in [7, 11) is 3.72. The van der Waals surface area contributed by atoms with E-state index in [1.54, 1.807) is 0 Å². The van der Waals surface area contributed by atoms with Crippen LogP contribution in [0.2, 0.25) is 0 Å². The summed E-state index contributed by atoms with van der Waals surface area (Å²) < 4.78 is 0. The van der Waals surface area contributed by atoms with Crippen LogP contribution in [0.15, 0.2) is 0 Å². The van der Waals surface area contributed by atoms with Crippen molar-refractivity contribution < 1.29 is 0 Å². The van der Waals surface area contributed by atoms with Crippen molar-refractivity contribution in [2.45, 2.75) is 47.5 Å². The van der Waals surface area contributed by atoms with Crippen molar-refractivity contribution in [2.75, 3.05) is 0 Å². The predicted octanol–water partition coefficient (Wildman–Crippen LogP) is 2.84. The lowest BCUT2D eigenvalue weighted by molar-refractivity contribution is 0.841. The normalized spacial score (nSPS) is 11.1. The lowest BCUT2D eigenvalue weighted by Crippen LogP contribution is -2.18. The Morgan fingerprint density at radius 3 is 1.43 bits per heavy atom. The van der Waals surface area contributed by atoms with Gasteiger partial charge in [-0.05, 0) is 61.4 Å². The Hall–Kier alpha value is -0.563. The second kappa shape index (κ2) is 3.89. The third kappa shape index (κ3) is 1.65. The molecule has 0 heterocycles. The molecular formula is C13H19Si. The Labute approximate surface area is 91.2 Å². The van der Waals surface area contributed by atoms with Crippen LogP contribution in [0.1, 0.15) is 47.6 Å². The van der Waals surface area contributed by atoms with Crippen molar-refractivity contribution in [3.05, 3.63) is 27.8 Å². The molecule has 1 rings (SSSR count). The lowest BCUT2D eigenvalue weighted by Gasteiger charge is -2.21. The van der Waals surface area contributed by atoms with Crippen LogP contribution in [0, 0.1) is 27.7 Å². The molecule has 0 bridgehead atoms. The average Bonchev–Trinajstić information content (AvgIpc) is 2.11. The monoisotopic (exact) mass is 203 g/mol. The van der Waals surface area contributed by atoms with Crippen LogP contribution < -0.4 is 5.19 Å². The molecule has 14 heavy (non-hydrogen) atoms. The Balaban J connectivity index is 3.60. The molecular weight excluding hydrogens is 184 g/mol. The first-order valence-corrected chi connectivity index (χ1v) is 5.69. The van der Waals surface area contributed by atoms with Crippen LogP contribution in [-0.2, 0) is 0 Å². The topological polar surface area (TPSA) is 0 Å². The molecule has 1 aromatic rings. The fourth-order valence-corrected chi connectivity index (χ4v) is 2.58. The minimum atomic E-state index is 0.611. The van der Waals surface area contributed by atoms with E-state index in [0.717, 1.165) is 0 Å². The van der Waals surface area contributed by atoms with Gasteiger partial charge in [-0.2, -0.15) is 0 Å². The van der Waals surface area contributed by atoms with Crippen molar-refractivity contribution >= 4 is 15.4 Å². The van der Waals surface area contributed by atoms with Gasteiger partial charge in [0.2, 0.25) is 0 Å². The van der Waals surface area contributed by atoms with E-state index in [1.165, 1.54) is 33.0 Å². The molecule has 0 fully saturated rings. The highest BCUT2D eigenvalue weighted by Gasteiger charge is 2.13. The third-order valence-electron chi connectivity index (χ3n) is 3.26. The third-order valence-corrected chi connectivity index (χ3v) is 4.01. The van der Waals surface area contributed by atoms with Crippen molar-refractivity contribution in [1.82, 2.24) is 0 Å². The number of benzene rings is 1. The largest absolute Gasteiger partial charge is 0.0719 e. The van der Waals surface area contributed by atoms with Gasteiger partial charge in [0.25, 0.3) is 0 Å². The van der Waals surface area contributed by atoms with Gasteiger partial charge in [0, 0.05) is 0 Å².